The predicted molar refractivity (Wildman–Crippen MR) is 106 cm³/mol. The van der Waals surface area contributed by atoms with Crippen LogP contribution in [0.1, 0.15) is 50.6 Å². The number of aryl methyl sites for hydroxylation is 2. The van der Waals surface area contributed by atoms with Crippen molar-refractivity contribution in [2.75, 3.05) is 5.32 Å². The van der Waals surface area contributed by atoms with Crippen molar-refractivity contribution >= 4 is 27.7 Å². The molecule has 0 unspecified atom stereocenters. The third-order valence-corrected chi connectivity index (χ3v) is 5.65. The standard InChI is InChI=1S/C20H26BrN3O/c1-14-19(16-9-11-17(21)12-10-16)20(24(2)23-14)22-18(25)13-8-15-6-4-3-5-7-15/h9-12,15H,3-8,13H2,1-2H3,(H,22,25). The van der Waals surface area contributed by atoms with Gasteiger partial charge in [0.05, 0.1) is 5.69 Å². The zero-order valence-electron chi connectivity index (χ0n) is 15.0. The molecule has 1 N–H and O–H groups in total. The van der Waals surface area contributed by atoms with Crippen molar-refractivity contribution in [3.8, 4) is 11.1 Å². The van der Waals surface area contributed by atoms with E-state index in [0.29, 0.717) is 6.42 Å². The van der Waals surface area contributed by atoms with E-state index in [0.717, 1.165) is 39.5 Å². The lowest BCUT2D eigenvalue weighted by atomic mass is 9.86. The van der Waals surface area contributed by atoms with Gasteiger partial charge in [-0.05, 0) is 37.0 Å². The molecule has 1 saturated carbocycles. The molecule has 0 atom stereocenters. The van der Waals surface area contributed by atoms with Crippen LogP contribution in [-0.4, -0.2) is 15.7 Å². The Labute approximate surface area is 158 Å². The van der Waals surface area contributed by atoms with Crippen LogP contribution in [0.3, 0.4) is 0 Å². The number of halogens is 1. The molecule has 4 nitrogen and oxygen atoms in total. The van der Waals surface area contributed by atoms with Gasteiger partial charge in [0, 0.05) is 23.5 Å². The molecule has 1 aromatic heterocycles. The first-order valence-electron chi connectivity index (χ1n) is 9.14. The minimum absolute atomic E-state index is 0.0898. The lowest BCUT2D eigenvalue weighted by molar-refractivity contribution is -0.116. The van der Waals surface area contributed by atoms with E-state index in [9.17, 15) is 4.79 Å². The number of aromatic nitrogens is 2. The maximum absolute atomic E-state index is 12.5. The van der Waals surface area contributed by atoms with Gasteiger partial charge in [-0.15, -0.1) is 0 Å². The van der Waals surface area contributed by atoms with Crippen molar-refractivity contribution in [2.24, 2.45) is 13.0 Å². The van der Waals surface area contributed by atoms with E-state index in [2.05, 4.69) is 26.3 Å². The fourth-order valence-corrected chi connectivity index (χ4v) is 4.03. The number of nitrogens with one attached hydrogen (secondary N) is 1. The fourth-order valence-electron chi connectivity index (χ4n) is 3.77. The van der Waals surface area contributed by atoms with Crippen LogP contribution in [-0.2, 0) is 11.8 Å². The van der Waals surface area contributed by atoms with Gasteiger partial charge in [0.1, 0.15) is 5.82 Å². The van der Waals surface area contributed by atoms with Crippen LogP contribution in [0.5, 0.6) is 0 Å². The van der Waals surface area contributed by atoms with E-state index in [1.807, 2.05) is 38.2 Å². The summed E-state index contributed by atoms with van der Waals surface area (Å²) in [6.45, 7) is 1.98. The first kappa shape index (κ1) is 18.2. The van der Waals surface area contributed by atoms with E-state index in [1.165, 1.54) is 32.1 Å². The average molecular weight is 404 g/mol. The van der Waals surface area contributed by atoms with Crippen molar-refractivity contribution in [1.29, 1.82) is 0 Å². The molecule has 25 heavy (non-hydrogen) atoms. The Bertz CT molecular complexity index is 730. The summed E-state index contributed by atoms with van der Waals surface area (Å²) in [4.78, 5) is 12.5. The van der Waals surface area contributed by atoms with Gasteiger partial charge in [-0.25, -0.2) is 0 Å². The monoisotopic (exact) mass is 403 g/mol. The van der Waals surface area contributed by atoms with Crippen LogP contribution >= 0.6 is 15.9 Å². The van der Waals surface area contributed by atoms with Crippen LogP contribution < -0.4 is 5.32 Å². The van der Waals surface area contributed by atoms with Crippen LogP contribution in [0.25, 0.3) is 11.1 Å². The number of carbonyl (C=O) groups excluding carboxylic acids is 1. The Hall–Kier alpha value is -1.62. The summed E-state index contributed by atoms with van der Waals surface area (Å²) in [5, 5.41) is 7.61. The highest BCUT2D eigenvalue weighted by molar-refractivity contribution is 9.10. The number of anilines is 1. The maximum Gasteiger partial charge on any atom is 0.225 e. The number of rotatable bonds is 5. The minimum Gasteiger partial charge on any atom is -0.310 e. The molecule has 134 valence electrons. The zero-order chi connectivity index (χ0) is 17.8. The Balaban J connectivity index is 1.71. The third kappa shape index (κ3) is 4.51. The van der Waals surface area contributed by atoms with Crippen molar-refractivity contribution in [3.63, 3.8) is 0 Å². The molecule has 0 aliphatic heterocycles. The first-order chi connectivity index (χ1) is 12.0. The van der Waals surface area contributed by atoms with Gasteiger partial charge in [0.2, 0.25) is 5.91 Å². The summed E-state index contributed by atoms with van der Waals surface area (Å²) >= 11 is 3.47. The number of hydrogen-bond acceptors (Lipinski definition) is 2. The van der Waals surface area contributed by atoms with Gasteiger partial charge in [-0.1, -0.05) is 60.2 Å². The molecule has 0 saturated heterocycles. The Morgan fingerprint density at radius 3 is 2.60 bits per heavy atom. The quantitative estimate of drug-likeness (QED) is 0.720. The van der Waals surface area contributed by atoms with Gasteiger partial charge in [-0.2, -0.15) is 5.10 Å². The lowest BCUT2D eigenvalue weighted by Crippen LogP contribution is -2.17. The molecule has 1 fully saturated rings. The zero-order valence-corrected chi connectivity index (χ0v) is 16.6. The van der Waals surface area contributed by atoms with Gasteiger partial charge in [0.15, 0.2) is 0 Å². The Kier molecular flexibility index (Phi) is 5.94. The second kappa shape index (κ2) is 8.17. The van der Waals surface area contributed by atoms with Crippen LogP contribution in [0.15, 0.2) is 28.7 Å². The second-order valence-electron chi connectivity index (χ2n) is 7.03. The minimum atomic E-state index is 0.0898. The second-order valence-corrected chi connectivity index (χ2v) is 7.95. The topological polar surface area (TPSA) is 46.9 Å². The molecule has 1 aliphatic rings. The van der Waals surface area contributed by atoms with Crippen LogP contribution in [0.4, 0.5) is 5.82 Å². The fraction of sp³-hybridized carbons (Fsp3) is 0.500. The Morgan fingerprint density at radius 1 is 1.24 bits per heavy atom. The summed E-state index contributed by atoms with van der Waals surface area (Å²) in [6.07, 6.45) is 8.14. The first-order valence-corrected chi connectivity index (χ1v) is 9.93. The number of benzene rings is 1. The smallest absolute Gasteiger partial charge is 0.225 e. The van der Waals surface area contributed by atoms with E-state index < -0.39 is 0 Å². The average Bonchev–Trinajstić information content (AvgIpc) is 2.88. The van der Waals surface area contributed by atoms with E-state index in [4.69, 9.17) is 0 Å². The van der Waals surface area contributed by atoms with Crippen molar-refractivity contribution < 1.29 is 4.79 Å². The predicted octanol–water partition coefficient (Wildman–Crippen LogP) is 5.46. The number of hydrogen-bond donors (Lipinski definition) is 1. The third-order valence-electron chi connectivity index (χ3n) is 5.12. The largest absolute Gasteiger partial charge is 0.310 e. The molecule has 3 rings (SSSR count). The summed E-state index contributed by atoms with van der Waals surface area (Å²) in [6, 6.07) is 8.12. The molecule has 5 heteroatoms. The molecule has 0 radical (unpaired) electrons. The van der Waals surface area contributed by atoms with E-state index >= 15 is 0 Å². The highest BCUT2D eigenvalue weighted by Crippen LogP contribution is 2.32. The summed E-state index contributed by atoms with van der Waals surface area (Å²) in [7, 11) is 1.88. The Morgan fingerprint density at radius 2 is 1.92 bits per heavy atom. The highest BCUT2D eigenvalue weighted by atomic mass is 79.9. The molecule has 1 aromatic carbocycles. The molecule has 1 heterocycles. The number of carbonyl (C=O) groups is 1. The van der Waals surface area contributed by atoms with Gasteiger partial charge in [-0.3, -0.25) is 9.48 Å². The van der Waals surface area contributed by atoms with E-state index in [1.54, 1.807) is 4.68 Å². The molecule has 2 aromatic rings. The van der Waals surface area contributed by atoms with Gasteiger partial charge < -0.3 is 5.32 Å². The van der Waals surface area contributed by atoms with Crippen LogP contribution in [0.2, 0.25) is 0 Å². The highest BCUT2D eigenvalue weighted by Gasteiger charge is 2.19. The molecule has 0 spiro atoms. The van der Waals surface area contributed by atoms with Crippen molar-refractivity contribution in [1.82, 2.24) is 9.78 Å². The lowest BCUT2D eigenvalue weighted by Gasteiger charge is -2.21. The normalized spacial score (nSPS) is 15.3. The van der Waals surface area contributed by atoms with E-state index in [-0.39, 0.29) is 5.91 Å². The SMILES string of the molecule is Cc1nn(C)c(NC(=O)CCC2CCCCC2)c1-c1ccc(Br)cc1. The maximum atomic E-state index is 12.5. The molecular weight excluding hydrogens is 378 g/mol. The molecule has 0 bridgehead atoms. The molecular formula is C20H26BrN3O. The summed E-state index contributed by atoms with van der Waals surface area (Å²) in [5.74, 6) is 1.60. The van der Waals surface area contributed by atoms with Crippen LogP contribution in [0, 0.1) is 12.8 Å². The van der Waals surface area contributed by atoms with Gasteiger partial charge >= 0.3 is 0 Å². The molecule has 1 amide bonds. The molecule has 1 aliphatic carbocycles. The summed E-state index contributed by atoms with van der Waals surface area (Å²) < 4.78 is 2.81. The van der Waals surface area contributed by atoms with Crippen molar-refractivity contribution in [2.45, 2.75) is 51.9 Å². The number of nitrogens with zero attached hydrogens (tertiary/aromatic N) is 2. The van der Waals surface area contributed by atoms with Gasteiger partial charge in [0.25, 0.3) is 0 Å². The van der Waals surface area contributed by atoms with Crippen molar-refractivity contribution in [3.05, 3.63) is 34.4 Å². The number of amides is 1. The summed E-state index contributed by atoms with van der Waals surface area (Å²) in [5.41, 5.74) is 2.99.